The van der Waals surface area contributed by atoms with Crippen LogP contribution < -0.4 is 5.32 Å². The summed E-state index contributed by atoms with van der Waals surface area (Å²) >= 11 is 0. The molecule has 2 rings (SSSR count). The standard InChI is InChI=1S/C14H27NO/c1-2-3-9-14(16)10-11-15-13(12-14)7-5-4-6-8-13/h15-16H,2-12H2,1H3. The van der Waals surface area contributed by atoms with Crippen molar-refractivity contribution in [1.29, 1.82) is 0 Å². The molecule has 1 aliphatic heterocycles. The minimum atomic E-state index is -0.362. The van der Waals surface area contributed by atoms with Crippen molar-refractivity contribution in [3.05, 3.63) is 0 Å². The third-order valence-electron chi connectivity index (χ3n) is 4.56. The van der Waals surface area contributed by atoms with E-state index in [0.717, 1.165) is 25.8 Å². The zero-order valence-corrected chi connectivity index (χ0v) is 10.7. The highest BCUT2D eigenvalue weighted by Gasteiger charge is 2.43. The normalized spacial score (nSPS) is 34.1. The first kappa shape index (κ1) is 12.4. The molecule has 1 aliphatic carbocycles. The van der Waals surface area contributed by atoms with Gasteiger partial charge in [-0.3, -0.25) is 0 Å². The summed E-state index contributed by atoms with van der Waals surface area (Å²) in [6, 6.07) is 0. The molecule has 1 unspecified atom stereocenters. The van der Waals surface area contributed by atoms with Crippen molar-refractivity contribution >= 4 is 0 Å². The molecule has 16 heavy (non-hydrogen) atoms. The molecule has 1 spiro atoms. The monoisotopic (exact) mass is 225 g/mol. The Hall–Kier alpha value is -0.0800. The molecule has 0 radical (unpaired) electrons. The van der Waals surface area contributed by atoms with Crippen molar-refractivity contribution in [1.82, 2.24) is 5.32 Å². The zero-order chi connectivity index (χ0) is 11.5. The van der Waals surface area contributed by atoms with E-state index >= 15 is 0 Å². The van der Waals surface area contributed by atoms with E-state index in [-0.39, 0.29) is 5.60 Å². The summed E-state index contributed by atoms with van der Waals surface area (Å²) in [4.78, 5) is 0. The van der Waals surface area contributed by atoms with Crippen molar-refractivity contribution in [3.63, 3.8) is 0 Å². The van der Waals surface area contributed by atoms with Crippen LogP contribution >= 0.6 is 0 Å². The molecule has 0 bridgehead atoms. The first-order chi connectivity index (χ1) is 7.68. The van der Waals surface area contributed by atoms with Crippen molar-refractivity contribution in [2.45, 2.75) is 82.3 Å². The number of nitrogens with one attached hydrogen (secondary N) is 1. The number of rotatable bonds is 3. The Bertz CT molecular complexity index is 217. The predicted octanol–water partition coefficient (Wildman–Crippen LogP) is 2.99. The molecule has 2 aliphatic rings. The van der Waals surface area contributed by atoms with Crippen molar-refractivity contribution in [2.75, 3.05) is 6.54 Å². The quantitative estimate of drug-likeness (QED) is 0.774. The molecule has 0 aromatic rings. The van der Waals surface area contributed by atoms with E-state index in [4.69, 9.17) is 0 Å². The van der Waals surface area contributed by atoms with Gasteiger partial charge in [0.1, 0.15) is 0 Å². The summed E-state index contributed by atoms with van der Waals surface area (Å²) < 4.78 is 0. The topological polar surface area (TPSA) is 32.3 Å². The average molecular weight is 225 g/mol. The highest BCUT2D eigenvalue weighted by molar-refractivity contribution is 5.01. The molecule has 2 nitrogen and oxygen atoms in total. The highest BCUT2D eigenvalue weighted by atomic mass is 16.3. The van der Waals surface area contributed by atoms with E-state index in [9.17, 15) is 5.11 Å². The predicted molar refractivity (Wildman–Crippen MR) is 67.5 cm³/mol. The van der Waals surface area contributed by atoms with E-state index in [1.807, 2.05) is 0 Å². The minimum Gasteiger partial charge on any atom is -0.390 e. The molecule has 2 N–H and O–H groups in total. The molecule has 2 fully saturated rings. The maximum Gasteiger partial charge on any atom is 0.0677 e. The SMILES string of the molecule is CCCCC1(O)CCNC2(CCCCC2)C1. The smallest absolute Gasteiger partial charge is 0.0677 e. The molecular weight excluding hydrogens is 198 g/mol. The van der Waals surface area contributed by atoms with Gasteiger partial charge in [0.05, 0.1) is 5.60 Å². The fourth-order valence-corrected chi connectivity index (χ4v) is 3.64. The van der Waals surface area contributed by atoms with Crippen LogP contribution in [0.1, 0.15) is 71.1 Å². The van der Waals surface area contributed by atoms with Gasteiger partial charge < -0.3 is 10.4 Å². The van der Waals surface area contributed by atoms with Gasteiger partial charge in [0.25, 0.3) is 0 Å². The first-order valence-electron chi connectivity index (χ1n) is 7.16. The maximum absolute atomic E-state index is 10.7. The summed E-state index contributed by atoms with van der Waals surface area (Å²) in [7, 11) is 0. The molecule has 1 saturated heterocycles. The van der Waals surface area contributed by atoms with Gasteiger partial charge in [0.15, 0.2) is 0 Å². The van der Waals surface area contributed by atoms with Crippen LogP contribution in [0.2, 0.25) is 0 Å². The van der Waals surface area contributed by atoms with Gasteiger partial charge in [-0.25, -0.2) is 0 Å². The molecule has 1 saturated carbocycles. The lowest BCUT2D eigenvalue weighted by atomic mass is 9.70. The number of hydrogen-bond acceptors (Lipinski definition) is 2. The van der Waals surface area contributed by atoms with Gasteiger partial charge in [0, 0.05) is 5.54 Å². The largest absolute Gasteiger partial charge is 0.390 e. The van der Waals surface area contributed by atoms with Gasteiger partial charge in [-0.15, -0.1) is 0 Å². The summed E-state index contributed by atoms with van der Waals surface area (Å²) in [5.41, 5.74) is -0.0718. The van der Waals surface area contributed by atoms with Gasteiger partial charge in [-0.2, -0.15) is 0 Å². The minimum absolute atomic E-state index is 0.291. The Morgan fingerprint density at radius 2 is 1.88 bits per heavy atom. The summed E-state index contributed by atoms with van der Waals surface area (Å²) in [5, 5.41) is 14.4. The Labute approximate surface area is 99.8 Å². The van der Waals surface area contributed by atoms with E-state index < -0.39 is 0 Å². The second-order valence-corrected chi connectivity index (χ2v) is 6.02. The van der Waals surface area contributed by atoms with Crippen LogP contribution in [0.4, 0.5) is 0 Å². The second-order valence-electron chi connectivity index (χ2n) is 6.02. The van der Waals surface area contributed by atoms with Crippen LogP contribution in [-0.4, -0.2) is 22.8 Å². The molecule has 94 valence electrons. The van der Waals surface area contributed by atoms with E-state index in [0.29, 0.717) is 5.54 Å². The lowest BCUT2D eigenvalue weighted by Gasteiger charge is -2.48. The van der Waals surface area contributed by atoms with E-state index in [1.165, 1.54) is 44.9 Å². The van der Waals surface area contributed by atoms with Crippen molar-refractivity contribution in [2.24, 2.45) is 0 Å². The Morgan fingerprint density at radius 3 is 2.56 bits per heavy atom. The van der Waals surface area contributed by atoms with Crippen LogP contribution in [-0.2, 0) is 0 Å². The third-order valence-corrected chi connectivity index (χ3v) is 4.56. The van der Waals surface area contributed by atoms with E-state index in [1.54, 1.807) is 0 Å². The Morgan fingerprint density at radius 1 is 1.12 bits per heavy atom. The number of aliphatic hydroxyl groups is 1. The van der Waals surface area contributed by atoms with Gasteiger partial charge in [0.2, 0.25) is 0 Å². The lowest BCUT2D eigenvalue weighted by Crippen LogP contribution is -2.58. The number of piperidine rings is 1. The number of hydrogen-bond donors (Lipinski definition) is 2. The number of unbranched alkanes of at least 4 members (excludes halogenated alkanes) is 1. The zero-order valence-electron chi connectivity index (χ0n) is 10.7. The van der Waals surface area contributed by atoms with Crippen LogP contribution in [0.3, 0.4) is 0 Å². The molecule has 0 aromatic heterocycles. The summed E-state index contributed by atoms with van der Waals surface area (Å²) in [5.74, 6) is 0. The first-order valence-corrected chi connectivity index (χ1v) is 7.16. The van der Waals surface area contributed by atoms with Gasteiger partial charge in [-0.1, -0.05) is 39.0 Å². The van der Waals surface area contributed by atoms with Crippen molar-refractivity contribution in [3.8, 4) is 0 Å². The maximum atomic E-state index is 10.7. The van der Waals surface area contributed by atoms with Gasteiger partial charge >= 0.3 is 0 Å². The molecule has 1 atom stereocenters. The molecule has 1 heterocycles. The molecular formula is C14H27NO. The third kappa shape index (κ3) is 2.78. The summed E-state index contributed by atoms with van der Waals surface area (Å²) in [6.45, 7) is 3.22. The van der Waals surface area contributed by atoms with Crippen LogP contribution in [0.25, 0.3) is 0 Å². The molecule has 2 heteroatoms. The average Bonchev–Trinajstić information content (AvgIpc) is 2.27. The Kier molecular flexibility index (Phi) is 3.91. The lowest BCUT2D eigenvalue weighted by molar-refractivity contribution is -0.0451. The Balaban J connectivity index is 1.96. The fourth-order valence-electron chi connectivity index (χ4n) is 3.64. The van der Waals surface area contributed by atoms with Crippen LogP contribution in [0.5, 0.6) is 0 Å². The van der Waals surface area contributed by atoms with Crippen molar-refractivity contribution < 1.29 is 5.11 Å². The van der Waals surface area contributed by atoms with E-state index in [2.05, 4.69) is 12.2 Å². The fraction of sp³-hybridized carbons (Fsp3) is 1.00. The second kappa shape index (κ2) is 5.05. The van der Waals surface area contributed by atoms with Crippen LogP contribution in [0, 0.1) is 0 Å². The highest BCUT2D eigenvalue weighted by Crippen LogP contribution is 2.40. The van der Waals surface area contributed by atoms with Gasteiger partial charge in [-0.05, 0) is 38.6 Å². The van der Waals surface area contributed by atoms with Crippen LogP contribution in [0.15, 0.2) is 0 Å². The molecule has 0 aromatic carbocycles. The molecule has 0 amide bonds. The summed E-state index contributed by atoms with van der Waals surface area (Å²) in [6.07, 6.45) is 12.0.